The molecule has 4 aliphatic rings. The molecule has 8 heteroatoms. The van der Waals surface area contributed by atoms with Gasteiger partial charge in [-0.3, -0.25) is 9.59 Å². The van der Waals surface area contributed by atoms with E-state index in [1.54, 1.807) is 12.1 Å². The third-order valence-electron chi connectivity index (χ3n) is 6.71. The number of nitroso groups, excluding NO2 is 1. The van der Waals surface area contributed by atoms with E-state index in [-0.39, 0.29) is 23.5 Å². The van der Waals surface area contributed by atoms with Gasteiger partial charge in [-0.1, -0.05) is 6.07 Å². The van der Waals surface area contributed by atoms with Crippen molar-refractivity contribution in [3.8, 4) is 0 Å². The van der Waals surface area contributed by atoms with Crippen molar-refractivity contribution in [3.63, 3.8) is 0 Å². The lowest BCUT2D eigenvalue weighted by Gasteiger charge is -2.56. The largest absolute Gasteiger partial charge is 0.465 e. The minimum absolute atomic E-state index is 0.238. The van der Waals surface area contributed by atoms with Gasteiger partial charge in [0.2, 0.25) is 6.04 Å². The van der Waals surface area contributed by atoms with Crippen molar-refractivity contribution in [1.29, 1.82) is 0 Å². The Balaban J connectivity index is 1.36. The number of Topliss-reactive ketones (excluding diaryl/α,β-unsaturated/α-hetero) is 1. The number of nitrogens with one attached hydrogen (secondary N) is 1. The Kier molecular flexibility index (Phi) is 5.69. The molecule has 0 aliphatic heterocycles. The number of ether oxygens (including phenoxy) is 2. The number of hydrogen-bond donors (Lipinski definition) is 1. The molecule has 0 spiro atoms. The van der Waals surface area contributed by atoms with Crippen molar-refractivity contribution < 1.29 is 23.9 Å². The number of carbonyl (C=O) groups excluding carboxylic acids is 3. The van der Waals surface area contributed by atoms with Gasteiger partial charge in [0.1, 0.15) is 6.61 Å². The molecule has 1 atom stereocenters. The van der Waals surface area contributed by atoms with E-state index in [4.69, 9.17) is 4.74 Å². The molecular weight excluding hydrogens is 388 g/mol. The molecule has 4 saturated carbocycles. The van der Waals surface area contributed by atoms with Gasteiger partial charge in [0.25, 0.3) is 5.91 Å². The summed E-state index contributed by atoms with van der Waals surface area (Å²) in [5, 5.41) is 5.21. The maximum atomic E-state index is 12.6. The molecule has 0 saturated heterocycles. The zero-order valence-electron chi connectivity index (χ0n) is 17.0. The summed E-state index contributed by atoms with van der Waals surface area (Å²) < 4.78 is 10.7. The SMILES string of the molecule is COC(=O)c1cccc(NC(=O)C(N=O)C(=O)COC23CC4CC(CC(C4)C2)C3)c1. The third kappa shape index (κ3) is 4.14. The number of carbonyl (C=O) groups is 3. The van der Waals surface area contributed by atoms with Gasteiger partial charge >= 0.3 is 5.97 Å². The molecule has 1 N–H and O–H groups in total. The van der Waals surface area contributed by atoms with Crippen LogP contribution < -0.4 is 5.32 Å². The molecule has 0 radical (unpaired) electrons. The second-order valence-corrected chi connectivity index (χ2v) is 8.93. The van der Waals surface area contributed by atoms with Gasteiger partial charge in [-0.25, -0.2) is 4.79 Å². The van der Waals surface area contributed by atoms with E-state index in [9.17, 15) is 19.3 Å². The Morgan fingerprint density at radius 1 is 1.13 bits per heavy atom. The van der Waals surface area contributed by atoms with E-state index in [1.807, 2.05) is 0 Å². The number of nitrogens with zero attached hydrogens (tertiary/aromatic N) is 1. The van der Waals surface area contributed by atoms with E-state index >= 15 is 0 Å². The van der Waals surface area contributed by atoms with Crippen molar-refractivity contribution in [2.45, 2.75) is 50.2 Å². The van der Waals surface area contributed by atoms with Crippen LogP contribution in [0.2, 0.25) is 0 Å². The lowest BCUT2D eigenvalue weighted by Crippen LogP contribution is -2.53. The van der Waals surface area contributed by atoms with E-state index in [0.29, 0.717) is 17.8 Å². The summed E-state index contributed by atoms with van der Waals surface area (Å²) in [6.07, 6.45) is 6.63. The van der Waals surface area contributed by atoms with Gasteiger partial charge in [-0.15, -0.1) is 4.91 Å². The first-order valence-corrected chi connectivity index (χ1v) is 10.4. The Morgan fingerprint density at radius 2 is 1.77 bits per heavy atom. The Hall–Kier alpha value is -2.61. The molecule has 160 valence electrons. The second kappa shape index (κ2) is 8.26. The number of amides is 1. The smallest absolute Gasteiger partial charge is 0.337 e. The lowest BCUT2D eigenvalue weighted by molar-refractivity contribution is -0.169. The molecule has 1 aromatic carbocycles. The summed E-state index contributed by atoms with van der Waals surface area (Å²) in [4.78, 5) is 47.9. The molecule has 0 aromatic heterocycles. The Bertz CT molecular complexity index is 832. The standard InChI is InChI=1S/C22H26N2O6/c1-29-21(27)16-3-2-4-17(8-16)23-20(26)19(24-28)18(25)12-30-22-9-13-5-14(10-22)7-15(6-13)11-22/h2-4,8,13-15,19H,5-7,9-12H2,1H3,(H,23,26). The van der Waals surface area contributed by atoms with Gasteiger partial charge in [-0.2, -0.15) is 0 Å². The first-order valence-electron chi connectivity index (χ1n) is 10.4. The normalized spacial score (nSPS) is 29.8. The van der Waals surface area contributed by atoms with Gasteiger partial charge in [0, 0.05) is 5.69 Å². The van der Waals surface area contributed by atoms with Crippen molar-refractivity contribution in [3.05, 3.63) is 34.7 Å². The summed E-state index contributed by atoms with van der Waals surface area (Å²) in [6, 6.07) is 4.34. The van der Waals surface area contributed by atoms with Crippen molar-refractivity contribution in [2.24, 2.45) is 22.9 Å². The number of ketones is 1. The maximum Gasteiger partial charge on any atom is 0.337 e. The van der Waals surface area contributed by atoms with Crippen LogP contribution in [0.4, 0.5) is 5.69 Å². The first-order chi connectivity index (χ1) is 14.4. The predicted octanol–water partition coefficient (Wildman–Crippen LogP) is 3.10. The molecule has 30 heavy (non-hydrogen) atoms. The first kappa shape index (κ1) is 20.7. The molecule has 4 bridgehead atoms. The maximum absolute atomic E-state index is 12.6. The fraction of sp³-hybridized carbons (Fsp3) is 0.591. The average Bonchev–Trinajstić information content (AvgIpc) is 2.71. The fourth-order valence-corrected chi connectivity index (χ4v) is 5.82. The Labute approximate surface area is 174 Å². The molecule has 1 aromatic rings. The van der Waals surface area contributed by atoms with E-state index in [0.717, 1.165) is 19.3 Å². The van der Waals surface area contributed by atoms with Crippen LogP contribution in [0.25, 0.3) is 0 Å². The van der Waals surface area contributed by atoms with Crippen LogP contribution in [-0.4, -0.2) is 43.0 Å². The number of rotatable bonds is 8. The zero-order valence-corrected chi connectivity index (χ0v) is 17.0. The topological polar surface area (TPSA) is 111 Å². The predicted molar refractivity (Wildman–Crippen MR) is 108 cm³/mol. The van der Waals surface area contributed by atoms with Crippen LogP contribution in [-0.2, 0) is 19.1 Å². The number of hydrogen-bond acceptors (Lipinski definition) is 7. The summed E-state index contributed by atoms with van der Waals surface area (Å²) >= 11 is 0. The molecule has 1 unspecified atom stereocenters. The molecule has 1 amide bonds. The van der Waals surface area contributed by atoms with Gasteiger partial charge in [0.05, 0.1) is 18.3 Å². The van der Waals surface area contributed by atoms with Crippen LogP contribution in [0.3, 0.4) is 0 Å². The van der Waals surface area contributed by atoms with Gasteiger partial charge < -0.3 is 14.8 Å². The molecule has 4 aliphatic carbocycles. The third-order valence-corrected chi connectivity index (χ3v) is 6.71. The number of methoxy groups -OCH3 is 1. The highest BCUT2D eigenvalue weighted by atomic mass is 16.5. The van der Waals surface area contributed by atoms with Gasteiger partial charge in [0.15, 0.2) is 5.78 Å². The molecule has 4 fully saturated rings. The number of benzene rings is 1. The van der Waals surface area contributed by atoms with Crippen molar-refractivity contribution >= 4 is 23.3 Å². The van der Waals surface area contributed by atoms with Crippen LogP contribution in [0.1, 0.15) is 48.9 Å². The number of esters is 1. The lowest BCUT2D eigenvalue weighted by atomic mass is 9.54. The molecular formula is C22H26N2O6. The van der Waals surface area contributed by atoms with Crippen LogP contribution >= 0.6 is 0 Å². The van der Waals surface area contributed by atoms with Crippen molar-refractivity contribution in [1.82, 2.24) is 0 Å². The highest BCUT2D eigenvalue weighted by Gasteiger charge is 2.52. The molecule has 5 rings (SSSR count). The van der Waals surface area contributed by atoms with Gasteiger partial charge in [-0.05, 0) is 79.7 Å². The van der Waals surface area contributed by atoms with Crippen molar-refractivity contribution in [2.75, 3.05) is 19.0 Å². The highest BCUT2D eigenvalue weighted by Crippen LogP contribution is 2.57. The molecule has 8 nitrogen and oxygen atoms in total. The zero-order chi connectivity index (χ0) is 21.3. The summed E-state index contributed by atoms with van der Waals surface area (Å²) in [5.74, 6) is -0.0603. The van der Waals surface area contributed by atoms with E-state index in [2.05, 4.69) is 15.2 Å². The van der Waals surface area contributed by atoms with Crippen LogP contribution in [0.5, 0.6) is 0 Å². The minimum atomic E-state index is -1.69. The molecule has 0 heterocycles. The average molecular weight is 414 g/mol. The minimum Gasteiger partial charge on any atom is -0.465 e. The summed E-state index contributed by atoms with van der Waals surface area (Å²) in [5.41, 5.74) is 0.220. The fourth-order valence-electron chi connectivity index (χ4n) is 5.82. The monoisotopic (exact) mass is 414 g/mol. The highest BCUT2D eigenvalue weighted by molar-refractivity contribution is 6.11. The number of anilines is 1. The quantitative estimate of drug-likeness (QED) is 0.397. The summed E-state index contributed by atoms with van der Waals surface area (Å²) in [7, 11) is 1.25. The van der Waals surface area contributed by atoms with Crippen LogP contribution in [0, 0.1) is 22.7 Å². The van der Waals surface area contributed by atoms with Crippen LogP contribution in [0.15, 0.2) is 29.4 Å². The second-order valence-electron chi connectivity index (χ2n) is 8.93. The van der Waals surface area contributed by atoms with E-state index in [1.165, 1.54) is 38.5 Å². The van der Waals surface area contributed by atoms with E-state index < -0.39 is 23.7 Å². The summed E-state index contributed by atoms with van der Waals surface area (Å²) in [6.45, 7) is -0.293. The Morgan fingerprint density at radius 3 is 2.33 bits per heavy atom.